The maximum atomic E-state index is 11.5. The number of carbonyl (C=O) groups is 1. The molecule has 1 fully saturated rings. The third-order valence-corrected chi connectivity index (χ3v) is 3.65. The van der Waals surface area contributed by atoms with Crippen LogP contribution in [0.25, 0.3) is 0 Å². The zero-order valence-electron chi connectivity index (χ0n) is 12.8. The molecule has 116 valence electrons. The molecule has 2 N–H and O–H groups in total. The maximum absolute atomic E-state index is 11.5. The Hall–Kier alpha value is -1.75. The highest BCUT2D eigenvalue weighted by molar-refractivity contribution is 5.77. The van der Waals surface area contributed by atoms with Crippen LogP contribution in [0.2, 0.25) is 0 Å². The number of methoxy groups -OCH3 is 1. The van der Waals surface area contributed by atoms with Gasteiger partial charge in [-0.3, -0.25) is 4.79 Å². The molecule has 21 heavy (non-hydrogen) atoms. The van der Waals surface area contributed by atoms with E-state index in [0.717, 1.165) is 29.9 Å². The van der Waals surface area contributed by atoms with Crippen molar-refractivity contribution in [3.8, 4) is 11.5 Å². The Labute approximate surface area is 126 Å². The van der Waals surface area contributed by atoms with Crippen LogP contribution in [0.4, 0.5) is 0 Å². The molecule has 0 bridgehead atoms. The fraction of sp³-hybridized carbons (Fsp3) is 0.562. The highest BCUT2D eigenvalue weighted by Crippen LogP contribution is 2.32. The molecular formula is C16H24N2O3. The van der Waals surface area contributed by atoms with E-state index in [2.05, 4.69) is 10.6 Å². The number of benzene rings is 1. The van der Waals surface area contributed by atoms with Crippen LogP contribution in [-0.2, 0) is 11.3 Å². The largest absolute Gasteiger partial charge is 0.493 e. The van der Waals surface area contributed by atoms with Gasteiger partial charge in [0.05, 0.1) is 19.8 Å². The van der Waals surface area contributed by atoms with Gasteiger partial charge in [0.1, 0.15) is 0 Å². The Bertz CT molecular complexity index is 471. The number of ether oxygens (including phenoxy) is 2. The van der Waals surface area contributed by atoms with Crippen molar-refractivity contribution in [2.45, 2.75) is 38.3 Å². The lowest BCUT2D eigenvalue weighted by Gasteiger charge is -2.17. The molecule has 0 aromatic heterocycles. The Balaban J connectivity index is 2.00. The lowest BCUT2D eigenvalue weighted by atomic mass is 10.2. The second-order valence-electron chi connectivity index (χ2n) is 5.32. The van der Waals surface area contributed by atoms with Gasteiger partial charge in [-0.25, -0.2) is 0 Å². The van der Waals surface area contributed by atoms with Gasteiger partial charge in [0.25, 0.3) is 0 Å². The summed E-state index contributed by atoms with van der Waals surface area (Å²) in [5.74, 6) is 1.49. The highest BCUT2D eigenvalue weighted by Gasteiger charge is 2.18. The predicted molar refractivity (Wildman–Crippen MR) is 81.7 cm³/mol. The van der Waals surface area contributed by atoms with Gasteiger partial charge in [-0.2, -0.15) is 0 Å². The number of hydrogen-bond acceptors (Lipinski definition) is 4. The van der Waals surface area contributed by atoms with Gasteiger partial charge < -0.3 is 20.1 Å². The molecule has 0 atom stereocenters. The Morgan fingerprint density at radius 1 is 1.29 bits per heavy atom. The SMILES string of the molecule is CNCC(=O)NCc1ccc(OC)c(OC2CCCC2)c1. The summed E-state index contributed by atoms with van der Waals surface area (Å²) in [7, 11) is 3.39. The van der Waals surface area contributed by atoms with E-state index in [0.29, 0.717) is 13.1 Å². The Morgan fingerprint density at radius 3 is 2.71 bits per heavy atom. The topological polar surface area (TPSA) is 59.6 Å². The molecule has 0 radical (unpaired) electrons. The molecule has 0 aliphatic heterocycles. The van der Waals surface area contributed by atoms with E-state index in [1.54, 1.807) is 14.2 Å². The van der Waals surface area contributed by atoms with E-state index in [9.17, 15) is 4.79 Å². The summed E-state index contributed by atoms with van der Waals surface area (Å²) < 4.78 is 11.4. The molecule has 0 saturated heterocycles. The van der Waals surface area contributed by atoms with Crippen LogP contribution in [0.1, 0.15) is 31.2 Å². The molecule has 5 heteroatoms. The lowest BCUT2D eigenvalue weighted by Crippen LogP contribution is -2.31. The van der Waals surface area contributed by atoms with Gasteiger partial charge >= 0.3 is 0 Å². The Kier molecular flexibility index (Phi) is 5.87. The van der Waals surface area contributed by atoms with E-state index in [1.165, 1.54) is 12.8 Å². The first-order valence-electron chi connectivity index (χ1n) is 7.48. The van der Waals surface area contributed by atoms with Crippen molar-refractivity contribution in [2.75, 3.05) is 20.7 Å². The molecule has 1 amide bonds. The van der Waals surface area contributed by atoms with Crippen molar-refractivity contribution >= 4 is 5.91 Å². The molecule has 1 aromatic rings. The summed E-state index contributed by atoms with van der Waals surface area (Å²) in [4.78, 5) is 11.5. The average Bonchev–Trinajstić information content (AvgIpc) is 2.99. The monoisotopic (exact) mass is 292 g/mol. The summed E-state index contributed by atoms with van der Waals surface area (Å²) in [5.41, 5.74) is 1.01. The van der Waals surface area contributed by atoms with Crippen LogP contribution in [0.15, 0.2) is 18.2 Å². The van der Waals surface area contributed by atoms with Crippen LogP contribution >= 0.6 is 0 Å². The first kappa shape index (κ1) is 15.6. The van der Waals surface area contributed by atoms with Gasteiger partial charge in [-0.05, 0) is 50.4 Å². The quantitative estimate of drug-likeness (QED) is 0.805. The summed E-state index contributed by atoms with van der Waals surface area (Å²) in [5, 5.41) is 5.69. The molecule has 1 aliphatic rings. The van der Waals surface area contributed by atoms with Crippen LogP contribution < -0.4 is 20.1 Å². The van der Waals surface area contributed by atoms with Crippen LogP contribution in [0.3, 0.4) is 0 Å². The molecule has 5 nitrogen and oxygen atoms in total. The number of hydrogen-bond donors (Lipinski definition) is 2. The first-order valence-corrected chi connectivity index (χ1v) is 7.48. The van der Waals surface area contributed by atoms with Gasteiger partial charge in [-0.15, -0.1) is 0 Å². The number of likely N-dealkylation sites (N-methyl/N-ethyl adjacent to an activating group) is 1. The van der Waals surface area contributed by atoms with Crippen LogP contribution in [0.5, 0.6) is 11.5 Å². The molecule has 1 aromatic carbocycles. The van der Waals surface area contributed by atoms with Crippen molar-refractivity contribution in [2.24, 2.45) is 0 Å². The van der Waals surface area contributed by atoms with E-state index in [4.69, 9.17) is 9.47 Å². The fourth-order valence-corrected chi connectivity index (χ4v) is 2.53. The standard InChI is InChI=1S/C16H24N2O3/c1-17-11-16(19)18-10-12-7-8-14(20-2)15(9-12)21-13-5-3-4-6-13/h7-9,13,17H,3-6,10-11H2,1-2H3,(H,18,19). The first-order chi connectivity index (χ1) is 10.2. The van der Waals surface area contributed by atoms with Gasteiger partial charge in [-0.1, -0.05) is 6.07 Å². The van der Waals surface area contributed by atoms with Crippen molar-refractivity contribution in [1.82, 2.24) is 10.6 Å². The van der Waals surface area contributed by atoms with E-state index < -0.39 is 0 Å². The number of rotatable bonds is 7. The minimum absolute atomic E-state index is 0.0217. The van der Waals surface area contributed by atoms with E-state index >= 15 is 0 Å². The van der Waals surface area contributed by atoms with Crippen LogP contribution in [0, 0.1) is 0 Å². The van der Waals surface area contributed by atoms with Gasteiger partial charge in [0.15, 0.2) is 11.5 Å². The zero-order valence-corrected chi connectivity index (χ0v) is 12.8. The minimum Gasteiger partial charge on any atom is -0.493 e. The number of nitrogens with one attached hydrogen (secondary N) is 2. The van der Waals surface area contributed by atoms with Gasteiger partial charge in [0.2, 0.25) is 5.91 Å². The molecule has 1 aliphatic carbocycles. The van der Waals surface area contributed by atoms with Crippen LogP contribution in [-0.4, -0.2) is 32.7 Å². The van der Waals surface area contributed by atoms with E-state index in [-0.39, 0.29) is 12.0 Å². The van der Waals surface area contributed by atoms with Crippen molar-refractivity contribution in [1.29, 1.82) is 0 Å². The average molecular weight is 292 g/mol. The molecule has 2 rings (SSSR count). The Morgan fingerprint density at radius 2 is 2.05 bits per heavy atom. The second kappa shape index (κ2) is 7.88. The number of amides is 1. The fourth-order valence-electron chi connectivity index (χ4n) is 2.53. The van der Waals surface area contributed by atoms with Crippen molar-refractivity contribution < 1.29 is 14.3 Å². The third-order valence-electron chi connectivity index (χ3n) is 3.65. The summed E-state index contributed by atoms with van der Waals surface area (Å²) >= 11 is 0. The summed E-state index contributed by atoms with van der Waals surface area (Å²) in [6.45, 7) is 0.813. The smallest absolute Gasteiger partial charge is 0.234 e. The maximum Gasteiger partial charge on any atom is 0.234 e. The van der Waals surface area contributed by atoms with Crippen molar-refractivity contribution in [3.63, 3.8) is 0 Å². The molecular weight excluding hydrogens is 268 g/mol. The number of carbonyl (C=O) groups excluding carboxylic acids is 1. The second-order valence-corrected chi connectivity index (χ2v) is 5.32. The molecule has 0 unspecified atom stereocenters. The molecule has 0 spiro atoms. The predicted octanol–water partition coefficient (Wildman–Crippen LogP) is 1.85. The summed E-state index contributed by atoms with van der Waals surface area (Å²) in [6.07, 6.45) is 4.95. The molecule has 0 heterocycles. The van der Waals surface area contributed by atoms with Gasteiger partial charge in [0, 0.05) is 6.54 Å². The normalized spacial score (nSPS) is 15.0. The third kappa shape index (κ3) is 4.63. The minimum atomic E-state index is -0.0217. The zero-order chi connectivity index (χ0) is 15.1. The highest BCUT2D eigenvalue weighted by atomic mass is 16.5. The lowest BCUT2D eigenvalue weighted by molar-refractivity contribution is -0.120. The van der Waals surface area contributed by atoms with Crippen molar-refractivity contribution in [3.05, 3.63) is 23.8 Å². The molecule has 1 saturated carbocycles. The van der Waals surface area contributed by atoms with E-state index in [1.807, 2.05) is 18.2 Å². The summed E-state index contributed by atoms with van der Waals surface area (Å²) in [6, 6.07) is 5.79.